The Bertz CT molecular complexity index is 1290. The number of ketones is 1. The van der Waals surface area contributed by atoms with E-state index in [2.05, 4.69) is 4.90 Å². The van der Waals surface area contributed by atoms with Crippen molar-refractivity contribution in [1.29, 1.82) is 0 Å². The number of pyridine rings is 1. The van der Waals surface area contributed by atoms with Crippen LogP contribution in [0.15, 0.2) is 77.7 Å². The molecule has 10 heteroatoms. The third-order valence-electron chi connectivity index (χ3n) is 5.72. The molecule has 1 aromatic heterocycles. The molecular formula is C24H21ClN4O5. The van der Waals surface area contributed by atoms with Gasteiger partial charge in [-0.1, -0.05) is 41.9 Å². The maximum atomic E-state index is 13.6. The Balaban J connectivity index is 1.65. The van der Waals surface area contributed by atoms with Crippen LogP contribution in [0.1, 0.15) is 16.4 Å². The maximum Gasteiger partial charge on any atom is 0.270 e. The molecule has 0 bridgehead atoms. The molecule has 174 valence electrons. The first-order valence-corrected chi connectivity index (χ1v) is 11.0. The molecule has 34 heavy (non-hydrogen) atoms. The first kappa shape index (κ1) is 23.2. The van der Waals surface area contributed by atoms with Gasteiger partial charge in [0.05, 0.1) is 9.95 Å². The van der Waals surface area contributed by atoms with Crippen LogP contribution in [-0.2, 0) is 4.79 Å². The first-order valence-electron chi connectivity index (χ1n) is 10.6. The highest BCUT2D eigenvalue weighted by molar-refractivity contribution is 6.30. The summed E-state index contributed by atoms with van der Waals surface area (Å²) in [6.45, 7) is 1.80. The van der Waals surface area contributed by atoms with Gasteiger partial charge in [0.25, 0.3) is 17.2 Å². The van der Waals surface area contributed by atoms with Crippen molar-refractivity contribution < 1.29 is 14.5 Å². The number of nitrogens with zero attached hydrogens (tertiary/aromatic N) is 4. The molecular weight excluding hydrogens is 460 g/mol. The van der Waals surface area contributed by atoms with E-state index in [0.717, 1.165) is 16.3 Å². The van der Waals surface area contributed by atoms with E-state index in [9.17, 15) is 24.5 Å². The molecule has 2 aromatic carbocycles. The summed E-state index contributed by atoms with van der Waals surface area (Å²) in [6.07, 6.45) is 1.24. The summed E-state index contributed by atoms with van der Waals surface area (Å²) < 4.78 is 0.995. The van der Waals surface area contributed by atoms with Crippen molar-refractivity contribution in [1.82, 2.24) is 9.47 Å². The number of benzene rings is 2. The zero-order valence-corrected chi connectivity index (χ0v) is 18.8. The van der Waals surface area contributed by atoms with Crippen LogP contribution in [0.2, 0.25) is 5.02 Å². The Morgan fingerprint density at radius 3 is 2.32 bits per heavy atom. The molecule has 0 unspecified atom stereocenters. The maximum absolute atomic E-state index is 13.6. The molecule has 0 N–H and O–H groups in total. The minimum Gasteiger partial charge on any atom is -0.368 e. The highest BCUT2D eigenvalue weighted by atomic mass is 35.5. The number of piperazine rings is 1. The second-order valence-electron chi connectivity index (χ2n) is 7.81. The molecule has 1 saturated heterocycles. The molecule has 1 amide bonds. The van der Waals surface area contributed by atoms with Crippen molar-refractivity contribution in [2.45, 2.75) is 6.04 Å². The minimum atomic E-state index is -1.53. The van der Waals surface area contributed by atoms with Gasteiger partial charge >= 0.3 is 0 Å². The smallest absolute Gasteiger partial charge is 0.270 e. The number of hydrogen-bond donors (Lipinski definition) is 0. The number of amides is 1. The minimum absolute atomic E-state index is 0.0395. The average Bonchev–Trinajstić information content (AvgIpc) is 2.86. The number of carbonyl (C=O) groups is 2. The van der Waals surface area contributed by atoms with E-state index in [4.69, 9.17) is 11.6 Å². The van der Waals surface area contributed by atoms with E-state index in [-0.39, 0.29) is 16.3 Å². The van der Waals surface area contributed by atoms with Crippen molar-refractivity contribution in [2.75, 3.05) is 31.1 Å². The number of hydrogen-bond acceptors (Lipinski definition) is 6. The van der Waals surface area contributed by atoms with E-state index in [1.807, 2.05) is 30.3 Å². The largest absolute Gasteiger partial charge is 0.368 e. The Kier molecular flexibility index (Phi) is 6.74. The molecule has 1 aliphatic rings. The number of nitro groups is 1. The summed E-state index contributed by atoms with van der Waals surface area (Å²) in [4.78, 5) is 53.9. The third-order valence-corrected chi connectivity index (χ3v) is 5.94. The van der Waals surface area contributed by atoms with Gasteiger partial charge in [-0.2, -0.15) is 0 Å². The Morgan fingerprint density at radius 1 is 0.941 bits per heavy atom. The number of anilines is 1. The summed E-state index contributed by atoms with van der Waals surface area (Å²) in [5.74, 6) is -1.28. The van der Waals surface area contributed by atoms with Gasteiger partial charge in [-0.05, 0) is 18.2 Å². The summed E-state index contributed by atoms with van der Waals surface area (Å²) in [5.41, 5.74) is 0.128. The number of aromatic nitrogens is 1. The van der Waals surface area contributed by atoms with Crippen LogP contribution in [0.25, 0.3) is 0 Å². The molecule has 0 spiro atoms. The van der Waals surface area contributed by atoms with Crippen LogP contribution in [0.3, 0.4) is 0 Å². The third kappa shape index (κ3) is 4.84. The normalized spacial score (nSPS) is 14.5. The highest BCUT2D eigenvalue weighted by Gasteiger charge is 2.35. The van der Waals surface area contributed by atoms with Gasteiger partial charge in [-0.15, -0.1) is 0 Å². The van der Waals surface area contributed by atoms with E-state index in [0.29, 0.717) is 26.2 Å². The van der Waals surface area contributed by atoms with Gasteiger partial charge in [0.1, 0.15) is 0 Å². The number of carbonyl (C=O) groups excluding carboxylic acids is 2. The summed E-state index contributed by atoms with van der Waals surface area (Å²) in [6, 6.07) is 15.9. The number of nitro benzene ring substituents is 1. The van der Waals surface area contributed by atoms with Crippen LogP contribution in [0, 0.1) is 10.1 Å². The Hall–Kier alpha value is -3.98. The lowest BCUT2D eigenvalue weighted by molar-refractivity contribution is -0.384. The van der Waals surface area contributed by atoms with Crippen LogP contribution in [0.5, 0.6) is 0 Å². The van der Waals surface area contributed by atoms with Crippen LogP contribution >= 0.6 is 11.6 Å². The van der Waals surface area contributed by atoms with Crippen molar-refractivity contribution >= 4 is 34.7 Å². The number of halogens is 1. The molecule has 1 atom stereocenters. The van der Waals surface area contributed by atoms with Crippen molar-refractivity contribution in [3.63, 3.8) is 0 Å². The lowest BCUT2D eigenvalue weighted by Crippen LogP contribution is -2.52. The standard InChI is InChI=1S/C24H21ClN4O5/c25-18-9-10-21(30)28(16-18)22(23(31)17-5-4-8-20(15-17)29(33)34)24(32)27-13-11-26(12-14-27)19-6-2-1-3-7-19/h1-10,15-16,22H,11-14H2/t22-/m0/s1. The van der Waals surface area contributed by atoms with Gasteiger partial charge < -0.3 is 9.80 Å². The molecule has 1 aliphatic heterocycles. The van der Waals surface area contributed by atoms with Crippen LogP contribution < -0.4 is 10.5 Å². The highest BCUT2D eigenvalue weighted by Crippen LogP contribution is 2.23. The number of para-hydroxylation sites is 1. The predicted octanol–water partition coefficient (Wildman–Crippen LogP) is 3.18. The van der Waals surface area contributed by atoms with Crippen molar-refractivity contribution in [2.24, 2.45) is 0 Å². The lowest BCUT2D eigenvalue weighted by atomic mass is 10.0. The summed E-state index contributed by atoms with van der Waals surface area (Å²) in [5, 5.41) is 11.4. The van der Waals surface area contributed by atoms with E-state index < -0.39 is 28.2 Å². The Morgan fingerprint density at radius 2 is 1.65 bits per heavy atom. The fourth-order valence-electron chi connectivity index (χ4n) is 3.96. The molecule has 1 fully saturated rings. The van der Waals surface area contributed by atoms with Gasteiger partial charge in [0.2, 0.25) is 0 Å². The van der Waals surface area contributed by atoms with Gasteiger partial charge in [-0.25, -0.2) is 0 Å². The fourth-order valence-corrected chi connectivity index (χ4v) is 4.13. The zero-order chi connectivity index (χ0) is 24.2. The molecule has 3 aromatic rings. The molecule has 9 nitrogen and oxygen atoms in total. The van der Waals surface area contributed by atoms with E-state index in [1.165, 1.54) is 41.4 Å². The fraction of sp³-hybridized carbons (Fsp3) is 0.208. The van der Waals surface area contributed by atoms with Crippen LogP contribution in [-0.4, -0.2) is 52.3 Å². The molecule has 2 heterocycles. The summed E-state index contributed by atoms with van der Waals surface area (Å²) in [7, 11) is 0. The van der Waals surface area contributed by atoms with Crippen LogP contribution in [0.4, 0.5) is 11.4 Å². The lowest BCUT2D eigenvalue weighted by Gasteiger charge is -2.37. The number of rotatable bonds is 6. The Labute approximate surface area is 199 Å². The molecule has 0 aliphatic carbocycles. The van der Waals surface area contributed by atoms with Crippen molar-refractivity contribution in [3.05, 3.63) is 104 Å². The van der Waals surface area contributed by atoms with Gasteiger partial charge in [-0.3, -0.25) is 29.1 Å². The number of Topliss-reactive ketones (excluding diaryl/α,β-unsaturated/α-hetero) is 1. The SMILES string of the molecule is O=C(c1cccc([N+](=O)[O-])c1)[C@@H](C(=O)N1CCN(c2ccccc2)CC1)n1cc(Cl)ccc1=O. The second-order valence-corrected chi connectivity index (χ2v) is 8.25. The topological polar surface area (TPSA) is 106 Å². The molecule has 4 rings (SSSR count). The average molecular weight is 481 g/mol. The quantitative estimate of drug-likeness (QED) is 0.232. The van der Waals surface area contributed by atoms with E-state index in [1.54, 1.807) is 0 Å². The molecule has 0 saturated carbocycles. The number of non-ortho nitro benzene ring substituents is 1. The van der Waals surface area contributed by atoms with Gasteiger partial charge in [0.15, 0.2) is 11.8 Å². The van der Waals surface area contributed by atoms with Gasteiger partial charge in [0, 0.05) is 61.8 Å². The predicted molar refractivity (Wildman–Crippen MR) is 127 cm³/mol. The van der Waals surface area contributed by atoms with Crippen molar-refractivity contribution in [3.8, 4) is 0 Å². The van der Waals surface area contributed by atoms with E-state index >= 15 is 0 Å². The first-order chi connectivity index (χ1) is 16.3. The summed E-state index contributed by atoms with van der Waals surface area (Å²) >= 11 is 6.06. The second kappa shape index (κ2) is 9.88. The zero-order valence-electron chi connectivity index (χ0n) is 18.0. The monoisotopic (exact) mass is 480 g/mol. The molecule has 0 radical (unpaired) electrons.